The summed E-state index contributed by atoms with van der Waals surface area (Å²) in [7, 11) is 0. The third-order valence-electron chi connectivity index (χ3n) is 4.04. The minimum atomic E-state index is -0.909. The predicted octanol–water partition coefficient (Wildman–Crippen LogP) is 0.711. The lowest BCUT2D eigenvalue weighted by molar-refractivity contribution is -0.145. The minimum absolute atomic E-state index is 0.0527. The van der Waals surface area contributed by atoms with Crippen LogP contribution in [0.2, 0.25) is 0 Å². The van der Waals surface area contributed by atoms with E-state index in [1.165, 1.54) is 0 Å². The summed E-state index contributed by atoms with van der Waals surface area (Å²) in [4.78, 5) is 38.5. The molecule has 1 aliphatic carbocycles. The smallest absolute Gasteiger partial charge is 0.305 e. The van der Waals surface area contributed by atoms with E-state index in [0.717, 1.165) is 19.3 Å². The van der Waals surface area contributed by atoms with Gasteiger partial charge in [-0.15, -0.1) is 0 Å². The van der Waals surface area contributed by atoms with Crippen LogP contribution in [0.3, 0.4) is 0 Å². The highest BCUT2D eigenvalue weighted by atomic mass is 16.4. The number of carboxylic acids is 1. The van der Waals surface area contributed by atoms with E-state index in [1.807, 2.05) is 6.92 Å². The number of rotatable bonds is 6. The van der Waals surface area contributed by atoms with Crippen molar-refractivity contribution in [2.45, 2.75) is 45.1 Å². The molecule has 6 heteroatoms. The zero-order chi connectivity index (χ0) is 14.7. The summed E-state index contributed by atoms with van der Waals surface area (Å²) in [5.74, 6) is -0.776. The molecule has 0 aromatic carbocycles. The van der Waals surface area contributed by atoms with Gasteiger partial charge in [0.05, 0.1) is 6.42 Å². The number of amides is 2. The van der Waals surface area contributed by atoms with Gasteiger partial charge < -0.3 is 14.9 Å². The van der Waals surface area contributed by atoms with Crippen LogP contribution in [-0.4, -0.2) is 58.4 Å². The van der Waals surface area contributed by atoms with Crippen LogP contribution in [0.15, 0.2) is 0 Å². The molecular weight excluding hydrogens is 260 g/mol. The van der Waals surface area contributed by atoms with E-state index >= 15 is 0 Å². The summed E-state index contributed by atoms with van der Waals surface area (Å²) >= 11 is 0. The molecule has 2 aliphatic rings. The molecule has 0 bridgehead atoms. The molecule has 1 heterocycles. The first-order valence-electron chi connectivity index (χ1n) is 7.35. The predicted molar refractivity (Wildman–Crippen MR) is 72.0 cm³/mol. The minimum Gasteiger partial charge on any atom is -0.481 e. The zero-order valence-electron chi connectivity index (χ0n) is 11.9. The van der Waals surface area contributed by atoms with Crippen molar-refractivity contribution in [3.63, 3.8) is 0 Å². The second-order valence-corrected chi connectivity index (χ2v) is 5.53. The average Bonchev–Trinajstić information content (AvgIpc) is 3.15. The van der Waals surface area contributed by atoms with E-state index in [9.17, 15) is 14.4 Å². The lowest BCUT2D eigenvalue weighted by Gasteiger charge is -2.29. The van der Waals surface area contributed by atoms with E-state index in [2.05, 4.69) is 0 Å². The Hall–Kier alpha value is -1.59. The molecule has 6 nitrogen and oxygen atoms in total. The van der Waals surface area contributed by atoms with Crippen molar-refractivity contribution in [2.24, 2.45) is 5.92 Å². The molecule has 2 rings (SSSR count). The van der Waals surface area contributed by atoms with Crippen LogP contribution in [0, 0.1) is 5.92 Å². The largest absolute Gasteiger partial charge is 0.481 e. The first kappa shape index (κ1) is 14.8. The SMILES string of the molecule is CCN(CCC(=O)O)C(=O)C1CCCN1C(=O)C1CC1. The summed E-state index contributed by atoms with van der Waals surface area (Å²) in [5.41, 5.74) is 0. The number of aliphatic carboxylic acids is 1. The molecule has 2 fully saturated rings. The fraction of sp³-hybridized carbons (Fsp3) is 0.786. The lowest BCUT2D eigenvalue weighted by atomic mass is 10.1. The van der Waals surface area contributed by atoms with E-state index in [0.29, 0.717) is 19.5 Å². The van der Waals surface area contributed by atoms with Crippen molar-refractivity contribution in [1.29, 1.82) is 0 Å². The van der Waals surface area contributed by atoms with Gasteiger partial charge in [0, 0.05) is 25.6 Å². The van der Waals surface area contributed by atoms with Crippen molar-refractivity contribution >= 4 is 17.8 Å². The van der Waals surface area contributed by atoms with Crippen molar-refractivity contribution in [1.82, 2.24) is 9.80 Å². The van der Waals surface area contributed by atoms with Gasteiger partial charge in [-0.3, -0.25) is 14.4 Å². The first-order valence-corrected chi connectivity index (χ1v) is 7.35. The Balaban J connectivity index is 1.97. The van der Waals surface area contributed by atoms with Crippen molar-refractivity contribution in [3.8, 4) is 0 Å². The molecule has 1 N–H and O–H groups in total. The maximum atomic E-state index is 12.5. The average molecular weight is 282 g/mol. The van der Waals surface area contributed by atoms with Crippen LogP contribution in [-0.2, 0) is 14.4 Å². The maximum Gasteiger partial charge on any atom is 0.305 e. The number of carboxylic acid groups (broad SMARTS) is 1. The fourth-order valence-electron chi connectivity index (χ4n) is 2.72. The molecule has 20 heavy (non-hydrogen) atoms. The number of hydrogen-bond acceptors (Lipinski definition) is 3. The van der Waals surface area contributed by atoms with Crippen molar-refractivity contribution in [3.05, 3.63) is 0 Å². The van der Waals surface area contributed by atoms with Gasteiger partial charge in [-0.1, -0.05) is 0 Å². The molecule has 1 saturated carbocycles. The second kappa shape index (κ2) is 6.24. The number of likely N-dealkylation sites (N-methyl/N-ethyl adjacent to an activating group) is 1. The van der Waals surface area contributed by atoms with E-state index in [-0.39, 0.29) is 36.7 Å². The van der Waals surface area contributed by atoms with Gasteiger partial charge in [-0.2, -0.15) is 0 Å². The third kappa shape index (κ3) is 3.29. The number of likely N-dealkylation sites (tertiary alicyclic amines) is 1. The first-order chi connectivity index (χ1) is 9.54. The fourth-order valence-corrected chi connectivity index (χ4v) is 2.72. The van der Waals surface area contributed by atoms with Gasteiger partial charge in [0.25, 0.3) is 0 Å². The lowest BCUT2D eigenvalue weighted by Crippen LogP contribution is -2.48. The third-order valence-corrected chi connectivity index (χ3v) is 4.04. The van der Waals surface area contributed by atoms with Gasteiger partial charge in [-0.05, 0) is 32.6 Å². The van der Waals surface area contributed by atoms with Crippen molar-refractivity contribution < 1.29 is 19.5 Å². The summed E-state index contributed by atoms with van der Waals surface area (Å²) < 4.78 is 0. The van der Waals surface area contributed by atoms with Crippen LogP contribution >= 0.6 is 0 Å². The highest BCUT2D eigenvalue weighted by Crippen LogP contribution is 2.34. The molecule has 1 aliphatic heterocycles. The molecule has 1 unspecified atom stereocenters. The van der Waals surface area contributed by atoms with Crippen molar-refractivity contribution in [2.75, 3.05) is 19.6 Å². The van der Waals surface area contributed by atoms with Gasteiger partial charge in [0.15, 0.2) is 0 Å². The topological polar surface area (TPSA) is 77.9 Å². The number of hydrogen-bond donors (Lipinski definition) is 1. The second-order valence-electron chi connectivity index (χ2n) is 5.53. The highest BCUT2D eigenvalue weighted by molar-refractivity contribution is 5.90. The standard InChI is InChI=1S/C14H22N2O4/c1-2-15(9-7-12(17)18)14(20)11-4-3-8-16(11)13(19)10-5-6-10/h10-11H,2-9H2,1H3,(H,17,18). The Kier molecular flexibility index (Phi) is 4.62. The number of nitrogens with zero attached hydrogens (tertiary/aromatic N) is 2. The van der Waals surface area contributed by atoms with Crippen LogP contribution in [0.4, 0.5) is 0 Å². The molecule has 0 aromatic heterocycles. The quantitative estimate of drug-likeness (QED) is 0.778. The summed E-state index contributed by atoms with van der Waals surface area (Å²) in [6, 6.07) is -0.378. The Morgan fingerprint density at radius 1 is 1.25 bits per heavy atom. The summed E-state index contributed by atoms with van der Waals surface area (Å²) in [6.07, 6.45) is 3.37. The normalized spacial score (nSPS) is 21.9. The molecule has 0 spiro atoms. The molecule has 1 atom stereocenters. The van der Waals surface area contributed by atoms with Crippen LogP contribution in [0.25, 0.3) is 0 Å². The van der Waals surface area contributed by atoms with E-state index < -0.39 is 5.97 Å². The maximum absolute atomic E-state index is 12.5. The molecule has 2 amide bonds. The van der Waals surface area contributed by atoms with Gasteiger partial charge in [-0.25, -0.2) is 0 Å². The zero-order valence-corrected chi connectivity index (χ0v) is 11.9. The monoisotopic (exact) mass is 282 g/mol. The number of carbonyl (C=O) groups excluding carboxylic acids is 2. The molecule has 0 radical (unpaired) electrons. The van der Waals surface area contributed by atoms with Gasteiger partial charge in [0.2, 0.25) is 11.8 Å². The molecule has 1 saturated heterocycles. The van der Waals surface area contributed by atoms with Gasteiger partial charge >= 0.3 is 5.97 Å². The summed E-state index contributed by atoms with van der Waals surface area (Å²) in [6.45, 7) is 3.19. The Labute approximate surface area is 118 Å². The van der Waals surface area contributed by atoms with Crippen LogP contribution in [0.1, 0.15) is 39.0 Å². The molecule has 112 valence electrons. The molecular formula is C14H22N2O4. The van der Waals surface area contributed by atoms with Crippen LogP contribution in [0.5, 0.6) is 0 Å². The molecule has 0 aromatic rings. The van der Waals surface area contributed by atoms with E-state index in [4.69, 9.17) is 5.11 Å². The number of carbonyl (C=O) groups is 3. The van der Waals surface area contributed by atoms with Crippen LogP contribution < -0.4 is 0 Å². The highest BCUT2D eigenvalue weighted by Gasteiger charge is 2.41. The Bertz CT molecular complexity index is 406. The van der Waals surface area contributed by atoms with E-state index in [1.54, 1.807) is 9.80 Å². The Morgan fingerprint density at radius 2 is 1.95 bits per heavy atom. The van der Waals surface area contributed by atoms with Gasteiger partial charge in [0.1, 0.15) is 6.04 Å². The summed E-state index contributed by atoms with van der Waals surface area (Å²) in [5, 5.41) is 8.72. The Morgan fingerprint density at radius 3 is 2.50 bits per heavy atom.